The summed E-state index contributed by atoms with van der Waals surface area (Å²) in [5.41, 5.74) is 1.02. The van der Waals surface area contributed by atoms with Gasteiger partial charge in [-0.25, -0.2) is 0 Å². The first kappa shape index (κ1) is 8.19. The molecule has 0 bridgehead atoms. The second-order valence-electron chi connectivity index (χ2n) is 3.07. The molecule has 0 saturated carbocycles. The van der Waals surface area contributed by atoms with Crippen molar-refractivity contribution in [3.63, 3.8) is 0 Å². The van der Waals surface area contributed by atoms with E-state index in [1.165, 1.54) is 0 Å². The molecule has 0 radical (unpaired) electrons. The van der Waals surface area contributed by atoms with Crippen LogP contribution in [-0.2, 0) is 4.79 Å². The smallest absolute Gasteiger partial charge is 0.237 e. The minimum absolute atomic E-state index is 0.0128. The van der Waals surface area contributed by atoms with E-state index < -0.39 is 0 Å². The maximum absolute atomic E-state index is 11.2. The molecule has 0 aliphatic carbocycles. The minimum atomic E-state index is -0.0128. The van der Waals surface area contributed by atoms with E-state index in [0.717, 1.165) is 5.56 Å². The van der Waals surface area contributed by atoms with Crippen LogP contribution in [0.4, 0.5) is 0 Å². The molecule has 4 nitrogen and oxygen atoms in total. The third-order valence-electron chi connectivity index (χ3n) is 2.23. The van der Waals surface area contributed by atoms with Crippen LogP contribution in [0.25, 0.3) is 0 Å². The molecule has 1 aromatic rings. The zero-order valence-electron chi connectivity index (χ0n) is 7.40. The van der Waals surface area contributed by atoms with E-state index >= 15 is 0 Å². The fourth-order valence-electron chi connectivity index (χ4n) is 1.47. The fourth-order valence-corrected chi connectivity index (χ4v) is 1.47. The van der Waals surface area contributed by atoms with Crippen molar-refractivity contribution in [2.45, 2.75) is 6.17 Å². The Morgan fingerprint density at radius 3 is 3.08 bits per heavy atom. The number of carbonyl (C=O) groups excluding carboxylic acids is 1. The first-order valence-electron chi connectivity index (χ1n) is 4.18. The summed E-state index contributed by atoms with van der Waals surface area (Å²) in [5.74, 6) is 0.119. The Kier molecular flexibility index (Phi) is 1.98. The van der Waals surface area contributed by atoms with Gasteiger partial charge in [0.15, 0.2) is 0 Å². The van der Waals surface area contributed by atoms with Gasteiger partial charge in [-0.3, -0.25) is 15.1 Å². The Balaban J connectivity index is 2.24. The van der Waals surface area contributed by atoms with Gasteiger partial charge in [-0.1, -0.05) is 6.07 Å². The SMILES string of the molecule is CN1C(=O)CNC1c1cccnc1. The van der Waals surface area contributed by atoms with Gasteiger partial charge >= 0.3 is 0 Å². The molecule has 13 heavy (non-hydrogen) atoms. The van der Waals surface area contributed by atoms with Gasteiger partial charge in [0.25, 0.3) is 0 Å². The van der Waals surface area contributed by atoms with Crippen molar-refractivity contribution in [3.05, 3.63) is 30.1 Å². The quantitative estimate of drug-likeness (QED) is 0.663. The van der Waals surface area contributed by atoms with Gasteiger partial charge in [0, 0.05) is 25.0 Å². The molecule has 4 heteroatoms. The van der Waals surface area contributed by atoms with Crippen molar-refractivity contribution in [2.75, 3.05) is 13.6 Å². The van der Waals surface area contributed by atoms with Crippen molar-refractivity contribution in [2.24, 2.45) is 0 Å². The lowest BCUT2D eigenvalue weighted by molar-refractivity contribution is -0.126. The molecule has 68 valence electrons. The monoisotopic (exact) mass is 177 g/mol. The molecule has 1 aliphatic heterocycles. The van der Waals surface area contributed by atoms with Crippen LogP contribution in [0.2, 0.25) is 0 Å². The van der Waals surface area contributed by atoms with Gasteiger partial charge in [0.2, 0.25) is 5.91 Å². The number of amides is 1. The topological polar surface area (TPSA) is 45.2 Å². The van der Waals surface area contributed by atoms with Crippen LogP contribution in [0.3, 0.4) is 0 Å². The van der Waals surface area contributed by atoms with Gasteiger partial charge in [-0.2, -0.15) is 0 Å². The van der Waals surface area contributed by atoms with Gasteiger partial charge in [-0.05, 0) is 6.07 Å². The molecule has 1 fully saturated rings. The number of aromatic nitrogens is 1. The maximum atomic E-state index is 11.2. The Morgan fingerprint density at radius 1 is 1.69 bits per heavy atom. The number of rotatable bonds is 1. The summed E-state index contributed by atoms with van der Waals surface area (Å²) in [6, 6.07) is 3.83. The van der Waals surface area contributed by atoms with E-state index in [1.54, 1.807) is 24.3 Å². The fraction of sp³-hybridized carbons (Fsp3) is 0.333. The van der Waals surface area contributed by atoms with Crippen LogP contribution in [0.1, 0.15) is 11.7 Å². The zero-order chi connectivity index (χ0) is 9.26. The Hall–Kier alpha value is -1.42. The summed E-state index contributed by atoms with van der Waals surface area (Å²) >= 11 is 0. The summed E-state index contributed by atoms with van der Waals surface area (Å²) < 4.78 is 0. The number of nitrogens with one attached hydrogen (secondary N) is 1. The molecule has 1 saturated heterocycles. The average Bonchev–Trinajstić information content (AvgIpc) is 2.49. The van der Waals surface area contributed by atoms with Crippen molar-refractivity contribution in [1.82, 2.24) is 15.2 Å². The van der Waals surface area contributed by atoms with Crippen molar-refractivity contribution >= 4 is 5.91 Å². The molecule has 1 amide bonds. The van der Waals surface area contributed by atoms with Crippen LogP contribution in [0.5, 0.6) is 0 Å². The normalized spacial score (nSPS) is 22.4. The van der Waals surface area contributed by atoms with Crippen molar-refractivity contribution in [1.29, 1.82) is 0 Å². The van der Waals surface area contributed by atoms with E-state index in [-0.39, 0.29) is 12.1 Å². The summed E-state index contributed by atoms with van der Waals surface area (Å²) in [6.07, 6.45) is 3.48. The van der Waals surface area contributed by atoms with Crippen molar-refractivity contribution < 1.29 is 4.79 Å². The standard InChI is InChI=1S/C9H11N3O/c1-12-8(13)6-11-9(12)7-3-2-4-10-5-7/h2-5,9,11H,6H2,1H3. The van der Waals surface area contributed by atoms with Gasteiger partial charge in [0.1, 0.15) is 6.17 Å². The molecule has 2 rings (SSSR count). The van der Waals surface area contributed by atoms with Crippen molar-refractivity contribution in [3.8, 4) is 0 Å². The van der Waals surface area contributed by atoms with E-state index in [9.17, 15) is 4.79 Å². The lowest BCUT2D eigenvalue weighted by Gasteiger charge is -2.18. The average molecular weight is 177 g/mol. The number of carbonyl (C=O) groups is 1. The lowest BCUT2D eigenvalue weighted by atomic mass is 10.2. The summed E-state index contributed by atoms with van der Waals surface area (Å²) in [7, 11) is 1.79. The molecular weight excluding hydrogens is 166 g/mol. The first-order chi connectivity index (χ1) is 6.29. The lowest BCUT2D eigenvalue weighted by Crippen LogP contribution is -2.25. The molecule has 1 unspecified atom stereocenters. The third-order valence-corrected chi connectivity index (χ3v) is 2.23. The second kappa shape index (κ2) is 3.14. The third kappa shape index (κ3) is 1.40. The second-order valence-corrected chi connectivity index (χ2v) is 3.07. The molecule has 1 N–H and O–H groups in total. The predicted octanol–water partition coefficient (Wildman–Crippen LogP) is 0.142. The number of hydrogen-bond donors (Lipinski definition) is 1. The molecule has 2 heterocycles. The highest BCUT2D eigenvalue weighted by Gasteiger charge is 2.27. The minimum Gasteiger partial charge on any atom is -0.325 e. The maximum Gasteiger partial charge on any atom is 0.237 e. The first-order valence-corrected chi connectivity index (χ1v) is 4.18. The zero-order valence-corrected chi connectivity index (χ0v) is 7.40. The highest BCUT2D eigenvalue weighted by atomic mass is 16.2. The molecule has 1 aromatic heterocycles. The largest absolute Gasteiger partial charge is 0.325 e. The molecule has 1 atom stereocenters. The Labute approximate surface area is 76.6 Å². The molecule has 0 aromatic carbocycles. The Bertz CT molecular complexity index is 312. The summed E-state index contributed by atoms with van der Waals surface area (Å²) in [5, 5.41) is 3.11. The Morgan fingerprint density at radius 2 is 2.54 bits per heavy atom. The highest BCUT2D eigenvalue weighted by molar-refractivity contribution is 5.80. The van der Waals surface area contributed by atoms with E-state index in [0.29, 0.717) is 6.54 Å². The van der Waals surface area contributed by atoms with Gasteiger partial charge in [0.05, 0.1) is 6.54 Å². The van der Waals surface area contributed by atoms with Crippen LogP contribution in [0, 0.1) is 0 Å². The van der Waals surface area contributed by atoms with E-state index in [1.807, 2.05) is 12.1 Å². The summed E-state index contributed by atoms with van der Waals surface area (Å²) in [6.45, 7) is 0.413. The van der Waals surface area contributed by atoms with Crippen LogP contribution >= 0.6 is 0 Å². The van der Waals surface area contributed by atoms with E-state index in [4.69, 9.17) is 0 Å². The van der Waals surface area contributed by atoms with Crippen LogP contribution in [0.15, 0.2) is 24.5 Å². The van der Waals surface area contributed by atoms with E-state index in [2.05, 4.69) is 10.3 Å². The molecule has 1 aliphatic rings. The number of nitrogens with zero attached hydrogens (tertiary/aromatic N) is 2. The van der Waals surface area contributed by atoms with Gasteiger partial charge < -0.3 is 4.90 Å². The summed E-state index contributed by atoms with van der Waals surface area (Å²) in [4.78, 5) is 16.9. The highest BCUT2D eigenvalue weighted by Crippen LogP contribution is 2.18. The van der Waals surface area contributed by atoms with Gasteiger partial charge in [-0.15, -0.1) is 0 Å². The molecular formula is C9H11N3O. The number of pyridine rings is 1. The van der Waals surface area contributed by atoms with Crippen LogP contribution in [-0.4, -0.2) is 29.4 Å². The number of hydrogen-bond acceptors (Lipinski definition) is 3. The predicted molar refractivity (Wildman–Crippen MR) is 47.8 cm³/mol. The molecule has 0 spiro atoms. The van der Waals surface area contributed by atoms with Crippen LogP contribution < -0.4 is 5.32 Å². The number of likely N-dealkylation sites (N-methyl/N-ethyl adjacent to an activating group) is 1.